The highest BCUT2D eigenvalue weighted by atomic mass is 15.2. The Balaban J connectivity index is 1.95. The number of nitrogens with zero attached hydrogens (tertiary/aromatic N) is 3. The lowest BCUT2D eigenvalue weighted by molar-refractivity contribution is 0.791. The highest BCUT2D eigenvalue weighted by Gasteiger charge is 2.39. The van der Waals surface area contributed by atoms with Gasteiger partial charge < -0.3 is 16.0 Å². The average Bonchev–Trinajstić information content (AvgIpc) is 2.84. The molecule has 0 saturated carbocycles. The van der Waals surface area contributed by atoms with Gasteiger partial charge in [-0.2, -0.15) is 0 Å². The molecule has 2 aromatic rings. The lowest BCUT2D eigenvalue weighted by Gasteiger charge is -1.97. The Bertz CT molecular complexity index is 478. The van der Waals surface area contributed by atoms with Gasteiger partial charge in [0.15, 0.2) is 5.65 Å². The molecule has 2 aromatic heterocycles. The van der Waals surface area contributed by atoms with Crippen LogP contribution in [0.1, 0.15) is 18.2 Å². The molecule has 1 fully saturated rings. The van der Waals surface area contributed by atoms with Crippen LogP contribution < -0.4 is 11.1 Å². The molecule has 78 valence electrons. The minimum absolute atomic E-state index is 0.305. The summed E-state index contributed by atoms with van der Waals surface area (Å²) < 4.78 is 0. The van der Waals surface area contributed by atoms with Crippen molar-refractivity contribution >= 4 is 11.2 Å². The minimum Gasteiger partial charge on any atom is -0.342 e. The van der Waals surface area contributed by atoms with Gasteiger partial charge in [0.1, 0.15) is 11.8 Å². The largest absolute Gasteiger partial charge is 0.342 e. The quantitative estimate of drug-likeness (QED) is 0.596. The SMILES string of the molecule is NCCC1NC1c1ncnc2nc[nH]c12. The summed E-state index contributed by atoms with van der Waals surface area (Å²) in [6, 6.07) is 0.760. The summed E-state index contributed by atoms with van der Waals surface area (Å²) in [5, 5.41) is 3.35. The number of nitrogens with one attached hydrogen (secondary N) is 2. The second-order valence-electron chi connectivity index (χ2n) is 3.69. The third-order valence-electron chi connectivity index (χ3n) is 2.71. The Morgan fingerprint density at radius 3 is 3.13 bits per heavy atom. The first-order valence-corrected chi connectivity index (χ1v) is 5.00. The van der Waals surface area contributed by atoms with Gasteiger partial charge in [-0.1, -0.05) is 0 Å². The van der Waals surface area contributed by atoms with Crippen LogP contribution in [0.25, 0.3) is 11.2 Å². The summed E-state index contributed by atoms with van der Waals surface area (Å²) in [5.74, 6) is 0. The number of nitrogens with two attached hydrogens (primary N) is 1. The molecular weight excluding hydrogens is 192 g/mol. The van der Waals surface area contributed by atoms with Crippen LogP contribution in [0.2, 0.25) is 0 Å². The van der Waals surface area contributed by atoms with Crippen molar-refractivity contribution in [3.8, 4) is 0 Å². The van der Waals surface area contributed by atoms with E-state index in [1.165, 1.54) is 0 Å². The fraction of sp³-hybridized carbons (Fsp3) is 0.444. The van der Waals surface area contributed by atoms with Gasteiger partial charge in [0.05, 0.1) is 18.1 Å². The maximum atomic E-state index is 5.51. The fourth-order valence-corrected chi connectivity index (χ4v) is 1.89. The molecule has 15 heavy (non-hydrogen) atoms. The van der Waals surface area contributed by atoms with Gasteiger partial charge in [0.2, 0.25) is 0 Å². The van der Waals surface area contributed by atoms with Gasteiger partial charge in [-0.05, 0) is 13.0 Å². The highest BCUT2D eigenvalue weighted by molar-refractivity contribution is 5.73. The monoisotopic (exact) mass is 204 g/mol. The van der Waals surface area contributed by atoms with Crippen LogP contribution in [-0.4, -0.2) is 32.5 Å². The van der Waals surface area contributed by atoms with Crippen LogP contribution >= 0.6 is 0 Å². The first-order valence-electron chi connectivity index (χ1n) is 5.00. The van der Waals surface area contributed by atoms with E-state index in [9.17, 15) is 0 Å². The Hall–Kier alpha value is -1.53. The molecule has 0 amide bonds. The van der Waals surface area contributed by atoms with Crippen molar-refractivity contribution in [2.75, 3.05) is 6.54 Å². The first-order chi connectivity index (χ1) is 7.40. The van der Waals surface area contributed by atoms with Crippen molar-refractivity contribution in [3.63, 3.8) is 0 Å². The smallest absolute Gasteiger partial charge is 0.180 e. The molecule has 3 heterocycles. The van der Waals surface area contributed by atoms with Gasteiger partial charge in [-0.3, -0.25) is 0 Å². The number of fused-ring (bicyclic) bond motifs is 1. The lowest BCUT2D eigenvalue weighted by Crippen LogP contribution is -2.04. The van der Waals surface area contributed by atoms with Gasteiger partial charge in [0, 0.05) is 6.04 Å². The second kappa shape index (κ2) is 3.25. The summed E-state index contributed by atoms with van der Waals surface area (Å²) in [6.45, 7) is 0.700. The molecule has 0 aliphatic carbocycles. The van der Waals surface area contributed by atoms with Crippen molar-refractivity contribution in [2.45, 2.75) is 18.5 Å². The van der Waals surface area contributed by atoms with Crippen LogP contribution in [0, 0.1) is 0 Å². The number of H-pyrrole nitrogens is 1. The van der Waals surface area contributed by atoms with Crippen molar-refractivity contribution in [1.29, 1.82) is 0 Å². The Labute approximate surface area is 86.3 Å². The summed E-state index contributed by atoms with van der Waals surface area (Å²) >= 11 is 0. The van der Waals surface area contributed by atoms with E-state index >= 15 is 0 Å². The van der Waals surface area contributed by atoms with E-state index in [0.717, 1.165) is 23.3 Å². The van der Waals surface area contributed by atoms with E-state index < -0.39 is 0 Å². The zero-order valence-electron chi connectivity index (χ0n) is 8.14. The van der Waals surface area contributed by atoms with Gasteiger partial charge in [0.25, 0.3) is 0 Å². The summed E-state index contributed by atoms with van der Waals surface area (Å²) in [5.41, 5.74) is 8.15. The molecule has 1 aliphatic rings. The topological polar surface area (TPSA) is 102 Å². The van der Waals surface area contributed by atoms with Crippen LogP contribution in [0.15, 0.2) is 12.7 Å². The van der Waals surface area contributed by atoms with E-state index in [4.69, 9.17) is 5.73 Å². The minimum atomic E-state index is 0.305. The molecule has 0 aromatic carbocycles. The van der Waals surface area contributed by atoms with E-state index in [1.807, 2.05) is 0 Å². The average molecular weight is 204 g/mol. The molecule has 0 radical (unpaired) electrons. The van der Waals surface area contributed by atoms with Crippen LogP contribution in [-0.2, 0) is 0 Å². The van der Waals surface area contributed by atoms with Crippen molar-refractivity contribution in [1.82, 2.24) is 25.3 Å². The van der Waals surface area contributed by atoms with Crippen molar-refractivity contribution < 1.29 is 0 Å². The van der Waals surface area contributed by atoms with E-state index in [0.29, 0.717) is 18.6 Å². The maximum absolute atomic E-state index is 5.51. The molecule has 3 rings (SSSR count). The van der Waals surface area contributed by atoms with E-state index in [2.05, 4.69) is 25.3 Å². The molecule has 6 heteroatoms. The Morgan fingerprint density at radius 2 is 2.27 bits per heavy atom. The molecule has 0 bridgehead atoms. The number of hydrogen-bond acceptors (Lipinski definition) is 5. The molecule has 4 N–H and O–H groups in total. The standard InChI is InChI=1S/C9H12N6/c10-2-1-5-6(15-5)7-8-9(13-3-11-7)14-4-12-8/h3-6,15H,1-2,10H2,(H,11,12,13,14). The highest BCUT2D eigenvalue weighted by Crippen LogP contribution is 2.32. The number of hydrogen-bond donors (Lipinski definition) is 3. The molecule has 1 saturated heterocycles. The van der Waals surface area contributed by atoms with Crippen LogP contribution in [0.4, 0.5) is 0 Å². The summed E-state index contributed by atoms with van der Waals surface area (Å²) in [6.07, 6.45) is 4.17. The van der Waals surface area contributed by atoms with E-state index in [1.54, 1.807) is 12.7 Å². The normalized spacial score (nSPS) is 24.6. The Kier molecular flexibility index (Phi) is 1.90. The van der Waals surface area contributed by atoms with E-state index in [-0.39, 0.29) is 0 Å². The van der Waals surface area contributed by atoms with Gasteiger partial charge in [-0.15, -0.1) is 0 Å². The lowest BCUT2D eigenvalue weighted by atomic mass is 10.2. The maximum Gasteiger partial charge on any atom is 0.180 e. The fourth-order valence-electron chi connectivity index (χ4n) is 1.89. The molecule has 0 spiro atoms. The zero-order valence-corrected chi connectivity index (χ0v) is 8.14. The number of aromatic amines is 1. The molecule has 1 aliphatic heterocycles. The number of aromatic nitrogens is 4. The number of imidazole rings is 1. The number of rotatable bonds is 3. The molecular formula is C9H12N6. The predicted octanol–water partition coefficient (Wildman–Crippen LogP) is -0.285. The van der Waals surface area contributed by atoms with Crippen molar-refractivity contribution in [3.05, 3.63) is 18.3 Å². The van der Waals surface area contributed by atoms with Gasteiger partial charge in [-0.25, -0.2) is 15.0 Å². The zero-order chi connectivity index (χ0) is 10.3. The summed E-state index contributed by atoms with van der Waals surface area (Å²) in [7, 11) is 0. The van der Waals surface area contributed by atoms with Crippen molar-refractivity contribution in [2.24, 2.45) is 5.73 Å². The molecule has 2 unspecified atom stereocenters. The Morgan fingerprint density at radius 1 is 1.33 bits per heavy atom. The first kappa shape index (κ1) is 8.75. The van der Waals surface area contributed by atoms with Gasteiger partial charge >= 0.3 is 0 Å². The van der Waals surface area contributed by atoms with Crippen LogP contribution in [0.5, 0.6) is 0 Å². The van der Waals surface area contributed by atoms with Crippen LogP contribution in [0.3, 0.4) is 0 Å². The third-order valence-corrected chi connectivity index (χ3v) is 2.71. The third kappa shape index (κ3) is 1.38. The molecule has 2 atom stereocenters. The second-order valence-corrected chi connectivity index (χ2v) is 3.69. The molecule has 6 nitrogen and oxygen atoms in total. The summed E-state index contributed by atoms with van der Waals surface area (Å²) in [4.78, 5) is 15.5. The predicted molar refractivity (Wildman–Crippen MR) is 55.0 cm³/mol.